The lowest BCUT2D eigenvalue weighted by molar-refractivity contribution is -0.0304. The number of rotatable bonds is 4. The molecule has 0 spiro atoms. The maximum absolute atomic E-state index is 11.9. The van der Waals surface area contributed by atoms with Gasteiger partial charge < -0.3 is 19.8 Å². The van der Waals surface area contributed by atoms with E-state index < -0.39 is 0 Å². The lowest BCUT2D eigenvalue weighted by atomic mass is 10.1. The van der Waals surface area contributed by atoms with E-state index in [0.29, 0.717) is 24.5 Å². The van der Waals surface area contributed by atoms with Gasteiger partial charge in [-0.15, -0.1) is 0 Å². The number of nitrogen functional groups attached to an aromatic ring is 1. The van der Waals surface area contributed by atoms with Gasteiger partial charge in [-0.3, -0.25) is 0 Å². The third kappa shape index (κ3) is 3.04. The molecule has 0 amide bonds. The summed E-state index contributed by atoms with van der Waals surface area (Å²) in [6.45, 7) is 3.75. The van der Waals surface area contributed by atoms with Gasteiger partial charge in [0.2, 0.25) is 0 Å². The standard InChI is InChI=1S/C13H20N2O3/c1-2-15-8-10(14)7-12(15)13(16)18-9-11-5-3-4-6-17-11/h7-8,11H,2-6,9,14H2,1H3. The summed E-state index contributed by atoms with van der Waals surface area (Å²) >= 11 is 0. The Kier molecular flexibility index (Phi) is 4.25. The van der Waals surface area contributed by atoms with E-state index in [1.54, 1.807) is 16.8 Å². The van der Waals surface area contributed by atoms with Gasteiger partial charge >= 0.3 is 5.97 Å². The summed E-state index contributed by atoms with van der Waals surface area (Å²) in [4.78, 5) is 11.9. The number of aromatic nitrogens is 1. The molecule has 1 atom stereocenters. The molecule has 1 saturated heterocycles. The van der Waals surface area contributed by atoms with Crippen LogP contribution in [0.15, 0.2) is 12.3 Å². The van der Waals surface area contributed by atoms with Crippen LogP contribution in [0.5, 0.6) is 0 Å². The highest BCUT2D eigenvalue weighted by molar-refractivity contribution is 5.89. The molecule has 2 heterocycles. The fourth-order valence-corrected chi connectivity index (χ4v) is 2.15. The van der Waals surface area contributed by atoms with Crippen molar-refractivity contribution in [3.05, 3.63) is 18.0 Å². The Morgan fingerprint density at radius 2 is 2.44 bits per heavy atom. The van der Waals surface area contributed by atoms with E-state index in [1.807, 2.05) is 6.92 Å². The molecule has 100 valence electrons. The van der Waals surface area contributed by atoms with Gasteiger partial charge in [0, 0.05) is 19.3 Å². The number of carbonyl (C=O) groups is 1. The van der Waals surface area contributed by atoms with E-state index in [2.05, 4.69) is 0 Å². The van der Waals surface area contributed by atoms with Gasteiger partial charge in [0.25, 0.3) is 0 Å². The first kappa shape index (κ1) is 13.0. The maximum Gasteiger partial charge on any atom is 0.355 e. The molecule has 1 unspecified atom stereocenters. The Bertz CT molecular complexity index is 408. The Morgan fingerprint density at radius 1 is 1.61 bits per heavy atom. The van der Waals surface area contributed by atoms with Crippen LogP contribution in [0.1, 0.15) is 36.7 Å². The third-order valence-corrected chi connectivity index (χ3v) is 3.14. The van der Waals surface area contributed by atoms with Crippen molar-refractivity contribution < 1.29 is 14.3 Å². The van der Waals surface area contributed by atoms with E-state index in [-0.39, 0.29) is 12.1 Å². The average molecular weight is 252 g/mol. The molecule has 0 saturated carbocycles. The van der Waals surface area contributed by atoms with Crippen LogP contribution >= 0.6 is 0 Å². The first-order valence-corrected chi connectivity index (χ1v) is 6.45. The topological polar surface area (TPSA) is 66.5 Å². The number of anilines is 1. The van der Waals surface area contributed by atoms with Gasteiger partial charge in [-0.25, -0.2) is 4.79 Å². The van der Waals surface area contributed by atoms with Gasteiger partial charge in [-0.2, -0.15) is 0 Å². The molecule has 2 rings (SSSR count). The molecule has 0 aliphatic carbocycles. The molecule has 5 nitrogen and oxygen atoms in total. The van der Waals surface area contributed by atoms with Crippen molar-refractivity contribution in [2.75, 3.05) is 18.9 Å². The smallest absolute Gasteiger partial charge is 0.355 e. The minimum atomic E-state index is -0.331. The van der Waals surface area contributed by atoms with Crippen molar-refractivity contribution in [3.8, 4) is 0 Å². The lowest BCUT2D eigenvalue weighted by Crippen LogP contribution is -2.26. The number of nitrogens with two attached hydrogens (primary N) is 1. The van der Waals surface area contributed by atoms with Crippen LogP contribution in [0, 0.1) is 0 Å². The molecule has 1 aliphatic heterocycles. The van der Waals surface area contributed by atoms with Crippen LogP contribution in [0.4, 0.5) is 5.69 Å². The van der Waals surface area contributed by atoms with Crippen LogP contribution in [0.2, 0.25) is 0 Å². The van der Waals surface area contributed by atoms with Gasteiger partial charge in [0.1, 0.15) is 12.3 Å². The van der Waals surface area contributed by atoms with E-state index in [4.69, 9.17) is 15.2 Å². The second-order valence-corrected chi connectivity index (χ2v) is 4.53. The quantitative estimate of drug-likeness (QED) is 0.830. The summed E-state index contributed by atoms with van der Waals surface area (Å²) in [6, 6.07) is 1.65. The predicted molar refractivity (Wildman–Crippen MR) is 68.4 cm³/mol. The fourth-order valence-electron chi connectivity index (χ4n) is 2.15. The lowest BCUT2D eigenvalue weighted by Gasteiger charge is -2.22. The predicted octanol–water partition coefficient (Wildman–Crippen LogP) is 1.82. The number of aryl methyl sites for hydroxylation is 1. The zero-order valence-electron chi connectivity index (χ0n) is 10.7. The van der Waals surface area contributed by atoms with Crippen LogP contribution in [-0.4, -0.2) is 29.9 Å². The summed E-state index contributed by atoms with van der Waals surface area (Å²) in [7, 11) is 0. The summed E-state index contributed by atoms with van der Waals surface area (Å²) in [6.07, 6.45) is 4.99. The highest BCUT2D eigenvalue weighted by atomic mass is 16.6. The van der Waals surface area contributed by atoms with E-state index in [0.717, 1.165) is 25.9 Å². The Balaban J connectivity index is 1.90. The normalized spacial score (nSPS) is 19.7. The monoisotopic (exact) mass is 252 g/mol. The molecule has 1 aromatic rings. The molecule has 0 aromatic carbocycles. The SMILES string of the molecule is CCn1cc(N)cc1C(=O)OCC1CCCCO1. The highest BCUT2D eigenvalue weighted by Crippen LogP contribution is 2.15. The van der Waals surface area contributed by atoms with Crippen LogP contribution in [0.25, 0.3) is 0 Å². The van der Waals surface area contributed by atoms with E-state index >= 15 is 0 Å². The van der Waals surface area contributed by atoms with Crippen molar-refractivity contribution >= 4 is 11.7 Å². The zero-order chi connectivity index (χ0) is 13.0. The van der Waals surface area contributed by atoms with Gasteiger partial charge in [-0.05, 0) is 32.3 Å². The number of nitrogens with zero attached hydrogens (tertiary/aromatic N) is 1. The highest BCUT2D eigenvalue weighted by Gasteiger charge is 2.18. The molecule has 0 bridgehead atoms. The fraction of sp³-hybridized carbons (Fsp3) is 0.615. The summed E-state index contributed by atoms with van der Waals surface area (Å²) in [5.74, 6) is -0.331. The minimum absolute atomic E-state index is 0.0464. The minimum Gasteiger partial charge on any atom is -0.458 e. The number of hydrogen-bond donors (Lipinski definition) is 1. The molecule has 2 N–H and O–H groups in total. The summed E-state index contributed by atoms with van der Waals surface area (Å²) in [5, 5.41) is 0. The van der Waals surface area contributed by atoms with Gasteiger partial charge in [0.05, 0.1) is 11.8 Å². The first-order valence-electron chi connectivity index (χ1n) is 6.45. The number of ether oxygens (including phenoxy) is 2. The van der Waals surface area contributed by atoms with E-state index in [9.17, 15) is 4.79 Å². The van der Waals surface area contributed by atoms with Crippen molar-refractivity contribution in [1.29, 1.82) is 0 Å². The second kappa shape index (κ2) is 5.91. The van der Waals surface area contributed by atoms with Gasteiger partial charge in [-0.1, -0.05) is 0 Å². The summed E-state index contributed by atoms with van der Waals surface area (Å²) in [5.41, 5.74) is 6.77. The average Bonchev–Trinajstić information content (AvgIpc) is 2.78. The number of hydrogen-bond acceptors (Lipinski definition) is 4. The maximum atomic E-state index is 11.9. The first-order chi connectivity index (χ1) is 8.70. The third-order valence-electron chi connectivity index (χ3n) is 3.14. The van der Waals surface area contributed by atoms with Crippen molar-refractivity contribution in [2.45, 2.75) is 38.8 Å². The van der Waals surface area contributed by atoms with Crippen molar-refractivity contribution in [2.24, 2.45) is 0 Å². The molecule has 18 heavy (non-hydrogen) atoms. The Hall–Kier alpha value is -1.49. The second-order valence-electron chi connectivity index (χ2n) is 4.53. The van der Waals surface area contributed by atoms with Gasteiger partial charge in [0.15, 0.2) is 0 Å². The Morgan fingerprint density at radius 3 is 3.11 bits per heavy atom. The number of esters is 1. The summed E-state index contributed by atoms with van der Waals surface area (Å²) < 4.78 is 12.6. The molecule has 1 aromatic heterocycles. The van der Waals surface area contributed by atoms with Crippen LogP contribution < -0.4 is 5.73 Å². The van der Waals surface area contributed by atoms with E-state index in [1.165, 1.54) is 0 Å². The largest absolute Gasteiger partial charge is 0.458 e. The molecule has 1 fully saturated rings. The molecule has 5 heteroatoms. The van der Waals surface area contributed by atoms with Crippen LogP contribution in [-0.2, 0) is 16.0 Å². The van der Waals surface area contributed by atoms with Crippen molar-refractivity contribution in [1.82, 2.24) is 4.57 Å². The number of carbonyl (C=O) groups excluding carboxylic acids is 1. The Labute approximate surface area is 107 Å². The molecule has 1 aliphatic rings. The molecular weight excluding hydrogens is 232 g/mol. The van der Waals surface area contributed by atoms with Crippen LogP contribution in [0.3, 0.4) is 0 Å². The molecule has 0 radical (unpaired) electrons. The molecular formula is C13H20N2O3. The zero-order valence-corrected chi connectivity index (χ0v) is 10.7. The van der Waals surface area contributed by atoms with Crippen molar-refractivity contribution in [3.63, 3.8) is 0 Å².